The Morgan fingerprint density at radius 3 is 2.44 bits per heavy atom. The van der Waals surface area contributed by atoms with Crippen LogP contribution in [0.2, 0.25) is 0 Å². The van der Waals surface area contributed by atoms with Crippen molar-refractivity contribution in [2.45, 2.75) is 69.0 Å². The van der Waals surface area contributed by atoms with Gasteiger partial charge in [0.2, 0.25) is 0 Å². The van der Waals surface area contributed by atoms with Gasteiger partial charge in [0, 0.05) is 19.6 Å². The Hall–Kier alpha value is -0.410. The maximum absolute atomic E-state index is 12.7. The molecular weight excluding hydrogens is 228 g/mol. The van der Waals surface area contributed by atoms with Gasteiger partial charge in [0.25, 0.3) is 0 Å². The summed E-state index contributed by atoms with van der Waals surface area (Å²) in [5, 5.41) is 0. The summed E-state index contributed by atoms with van der Waals surface area (Å²) in [6, 6.07) is 0. The molecule has 1 saturated heterocycles. The number of carbonyl (C=O) groups excluding carboxylic acids is 1. The van der Waals surface area contributed by atoms with Gasteiger partial charge in [0.15, 0.2) is 5.78 Å². The SMILES string of the molecule is COC1(C(=O)C2CCOC3(CCCC3)C2)CCC1. The molecule has 3 heteroatoms. The highest BCUT2D eigenvalue weighted by Crippen LogP contribution is 2.46. The van der Waals surface area contributed by atoms with Crippen LogP contribution in [0.15, 0.2) is 0 Å². The van der Waals surface area contributed by atoms with Gasteiger partial charge < -0.3 is 9.47 Å². The van der Waals surface area contributed by atoms with Gasteiger partial charge in [-0.25, -0.2) is 0 Å². The molecule has 1 unspecified atom stereocenters. The second-order valence-electron chi connectivity index (χ2n) is 6.34. The zero-order chi connectivity index (χ0) is 12.6. The highest BCUT2D eigenvalue weighted by atomic mass is 16.5. The largest absolute Gasteiger partial charge is 0.375 e. The van der Waals surface area contributed by atoms with Crippen LogP contribution >= 0.6 is 0 Å². The molecule has 1 atom stereocenters. The number of ether oxygens (including phenoxy) is 2. The molecule has 1 spiro atoms. The fraction of sp³-hybridized carbons (Fsp3) is 0.933. The van der Waals surface area contributed by atoms with Crippen LogP contribution in [0.4, 0.5) is 0 Å². The minimum atomic E-state index is -0.429. The Morgan fingerprint density at radius 2 is 1.89 bits per heavy atom. The standard InChI is InChI=1S/C15H24O3/c1-17-15(8-4-9-15)13(16)12-5-10-18-14(11-12)6-2-3-7-14/h12H,2-11H2,1H3. The normalized spacial score (nSPS) is 33.3. The van der Waals surface area contributed by atoms with Crippen molar-refractivity contribution in [1.29, 1.82) is 0 Å². The van der Waals surface area contributed by atoms with Crippen molar-refractivity contribution in [3.63, 3.8) is 0 Å². The maximum Gasteiger partial charge on any atom is 0.167 e. The number of ketones is 1. The third-order valence-corrected chi connectivity index (χ3v) is 5.38. The van der Waals surface area contributed by atoms with E-state index in [4.69, 9.17) is 9.47 Å². The topological polar surface area (TPSA) is 35.5 Å². The molecule has 3 nitrogen and oxygen atoms in total. The van der Waals surface area contributed by atoms with Gasteiger partial charge in [-0.05, 0) is 44.9 Å². The van der Waals surface area contributed by atoms with E-state index in [0.717, 1.165) is 51.6 Å². The third kappa shape index (κ3) is 1.92. The summed E-state index contributed by atoms with van der Waals surface area (Å²) < 4.78 is 11.6. The smallest absolute Gasteiger partial charge is 0.167 e. The van der Waals surface area contributed by atoms with Crippen LogP contribution in [0.3, 0.4) is 0 Å². The molecule has 3 fully saturated rings. The molecule has 3 rings (SSSR count). The number of Topliss-reactive ketones (excluding diaryl/α,β-unsaturated/α-hetero) is 1. The number of rotatable bonds is 3. The van der Waals surface area contributed by atoms with Crippen LogP contribution in [0.5, 0.6) is 0 Å². The highest BCUT2D eigenvalue weighted by Gasteiger charge is 2.50. The van der Waals surface area contributed by atoms with Crippen molar-refractivity contribution in [1.82, 2.24) is 0 Å². The van der Waals surface area contributed by atoms with Crippen molar-refractivity contribution in [3.8, 4) is 0 Å². The van der Waals surface area contributed by atoms with Crippen LogP contribution in [0.25, 0.3) is 0 Å². The number of hydrogen-bond donors (Lipinski definition) is 0. The summed E-state index contributed by atoms with van der Waals surface area (Å²) in [5.41, 5.74) is -0.390. The Balaban J connectivity index is 1.70. The van der Waals surface area contributed by atoms with Crippen molar-refractivity contribution >= 4 is 5.78 Å². The van der Waals surface area contributed by atoms with E-state index in [0.29, 0.717) is 5.78 Å². The minimum Gasteiger partial charge on any atom is -0.375 e. The molecule has 1 aliphatic heterocycles. The molecule has 0 aromatic carbocycles. The van der Waals surface area contributed by atoms with Crippen molar-refractivity contribution in [2.24, 2.45) is 5.92 Å². The Morgan fingerprint density at radius 1 is 1.17 bits per heavy atom. The monoisotopic (exact) mass is 252 g/mol. The lowest BCUT2D eigenvalue weighted by Crippen LogP contribution is -2.52. The second-order valence-corrected chi connectivity index (χ2v) is 6.34. The molecule has 3 aliphatic rings. The summed E-state index contributed by atoms with van der Waals surface area (Å²) in [7, 11) is 1.70. The Bertz CT molecular complexity index is 321. The zero-order valence-electron chi connectivity index (χ0n) is 11.4. The van der Waals surface area contributed by atoms with E-state index >= 15 is 0 Å². The molecule has 18 heavy (non-hydrogen) atoms. The van der Waals surface area contributed by atoms with Gasteiger partial charge >= 0.3 is 0 Å². The lowest BCUT2D eigenvalue weighted by atomic mass is 9.69. The molecule has 0 radical (unpaired) electrons. The van der Waals surface area contributed by atoms with Crippen LogP contribution in [0, 0.1) is 5.92 Å². The van der Waals surface area contributed by atoms with E-state index < -0.39 is 5.60 Å². The molecule has 0 N–H and O–H groups in total. The number of carbonyl (C=O) groups is 1. The predicted octanol–water partition coefficient (Wildman–Crippen LogP) is 2.86. The Labute approximate surface area is 109 Å². The summed E-state index contributed by atoms with van der Waals surface area (Å²) >= 11 is 0. The van der Waals surface area contributed by atoms with Crippen LogP contribution < -0.4 is 0 Å². The van der Waals surface area contributed by atoms with Crippen LogP contribution in [0.1, 0.15) is 57.8 Å². The van der Waals surface area contributed by atoms with Crippen molar-refractivity contribution in [3.05, 3.63) is 0 Å². The molecule has 0 aromatic heterocycles. The quantitative estimate of drug-likeness (QED) is 0.774. The first-order chi connectivity index (χ1) is 8.70. The molecule has 0 amide bonds. The molecule has 0 aromatic rings. The van der Waals surface area contributed by atoms with E-state index in [9.17, 15) is 4.79 Å². The summed E-state index contributed by atoms with van der Waals surface area (Å²) in [6.07, 6.45) is 9.64. The van der Waals surface area contributed by atoms with Gasteiger partial charge in [-0.15, -0.1) is 0 Å². The van der Waals surface area contributed by atoms with Gasteiger partial charge in [0.05, 0.1) is 5.60 Å². The first-order valence-corrected chi connectivity index (χ1v) is 7.43. The summed E-state index contributed by atoms with van der Waals surface area (Å²) in [5.74, 6) is 0.544. The average Bonchev–Trinajstić information content (AvgIpc) is 2.76. The molecule has 1 heterocycles. The first kappa shape index (κ1) is 12.6. The van der Waals surface area contributed by atoms with Crippen LogP contribution in [-0.4, -0.2) is 30.7 Å². The Kier molecular flexibility index (Phi) is 3.23. The van der Waals surface area contributed by atoms with Crippen molar-refractivity contribution in [2.75, 3.05) is 13.7 Å². The van der Waals surface area contributed by atoms with Crippen LogP contribution in [-0.2, 0) is 14.3 Å². The lowest BCUT2D eigenvalue weighted by molar-refractivity contribution is -0.166. The molecular formula is C15H24O3. The predicted molar refractivity (Wildman–Crippen MR) is 68.5 cm³/mol. The van der Waals surface area contributed by atoms with Gasteiger partial charge in [0.1, 0.15) is 5.60 Å². The molecule has 0 bridgehead atoms. The average molecular weight is 252 g/mol. The van der Waals surface area contributed by atoms with Gasteiger partial charge in [-0.1, -0.05) is 12.8 Å². The van der Waals surface area contributed by atoms with Gasteiger partial charge in [-0.3, -0.25) is 4.79 Å². The fourth-order valence-corrected chi connectivity index (χ4v) is 4.04. The lowest BCUT2D eigenvalue weighted by Gasteiger charge is -2.44. The maximum atomic E-state index is 12.7. The molecule has 102 valence electrons. The van der Waals surface area contributed by atoms with E-state index in [-0.39, 0.29) is 11.5 Å². The number of methoxy groups -OCH3 is 1. The van der Waals surface area contributed by atoms with E-state index in [2.05, 4.69) is 0 Å². The zero-order valence-corrected chi connectivity index (χ0v) is 11.4. The van der Waals surface area contributed by atoms with E-state index in [1.54, 1.807) is 7.11 Å². The third-order valence-electron chi connectivity index (χ3n) is 5.38. The van der Waals surface area contributed by atoms with E-state index in [1.165, 1.54) is 12.8 Å². The van der Waals surface area contributed by atoms with E-state index in [1.807, 2.05) is 0 Å². The second kappa shape index (κ2) is 4.61. The van der Waals surface area contributed by atoms with Gasteiger partial charge in [-0.2, -0.15) is 0 Å². The number of hydrogen-bond acceptors (Lipinski definition) is 3. The first-order valence-electron chi connectivity index (χ1n) is 7.43. The fourth-order valence-electron chi connectivity index (χ4n) is 4.04. The summed E-state index contributed by atoms with van der Waals surface area (Å²) in [6.45, 7) is 0.760. The highest BCUT2D eigenvalue weighted by molar-refractivity contribution is 5.90. The van der Waals surface area contributed by atoms with Crippen molar-refractivity contribution < 1.29 is 14.3 Å². The molecule has 2 saturated carbocycles. The molecule has 2 aliphatic carbocycles. The summed E-state index contributed by atoms with van der Waals surface area (Å²) in [4.78, 5) is 12.7. The minimum absolute atomic E-state index is 0.0389.